The van der Waals surface area contributed by atoms with Gasteiger partial charge in [-0.25, -0.2) is 8.78 Å². The summed E-state index contributed by atoms with van der Waals surface area (Å²) in [5, 5.41) is 9.00. The van der Waals surface area contributed by atoms with Gasteiger partial charge in [-0.2, -0.15) is 0 Å². The Hall–Kier alpha value is -0.750. The molecule has 0 aromatic heterocycles. The monoisotopic (exact) mass is 180 g/mol. The quantitative estimate of drug-likeness (QED) is 0.507. The molecule has 12 heavy (non-hydrogen) atoms. The van der Waals surface area contributed by atoms with Gasteiger partial charge in [-0.1, -0.05) is 0 Å². The second-order valence-corrected chi connectivity index (χ2v) is 3.25. The van der Waals surface area contributed by atoms with E-state index in [0.29, 0.717) is 0 Å². The van der Waals surface area contributed by atoms with Crippen LogP contribution >= 0.6 is 0 Å². The maximum Gasteiger partial charge on any atom is 0.251 e. The number of amides is 1. The van der Waals surface area contributed by atoms with Crippen LogP contribution in [0.2, 0.25) is 0 Å². The Morgan fingerprint density at radius 3 is 2.17 bits per heavy atom. The van der Waals surface area contributed by atoms with Crippen LogP contribution in [0, 0.1) is 0 Å². The van der Waals surface area contributed by atoms with Gasteiger partial charge in [0.05, 0.1) is 5.54 Å². The van der Waals surface area contributed by atoms with Gasteiger partial charge in [0.2, 0.25) is 5.91 Å². The first-order chi connectivity index (χ1) is 5.27. The third-order valence-electron chi connectivity index (χ3n) is 1.99. The number of primary amides is 1. The van der Waals surface area contributed by atoms with Crippen LogP contribution in [0.1, 0.15) is 12.8 Å². The molecule has 0 spiro atoms. The van der Waals surface area contributed by atoms with Gasteiger partial charge in [0.15, 0.2) is 6.10 Å². The van der Waals surface area contributed by atoms with Crippen LogP contribution in [-0.2, 0) is 4.79 Å². The van der Waals surface area contributed by atoms with Gasteiger partial charge in [0.25, 0.3) is 5.92 Å². The van der Waals surface area contributed by atoms with E-state index in [-0.39, 0.29) is 0 Å². The number of aliphatic hydroxyl groups excluding tert-OH is 1. The molecule has 1 amide bonds. The van der Waals surface area contributed by atoms with E-state index in [1.807, 2.05) is 0 Å². The molecular formula is C6H10F2N2O2. The van der Waals surface area contributed by atoms with E-state index < -0.39 is 36.3 Å². The Kier molecular flexibility index (Phi) is 1.84. The SMILES string of the molecule is NC(=O)C(O)C1(N)CC(F)(F)C1. The van der Waals surface area contributed by atoms with E-state index in [2.05, 4.69) is 0 Å². The predicted molar refractivity (Wildman–Crippen MR) is 36.3 cm³/mol. The zero-order valence-electron chi connectivity index (χ0n) is 6.26. The molecule has 0 heterocycles. The third-order valence-corrected chi connectivity index (χ3v) is 1.99. The van der Waals surface area contributed by atoms with E-state index in [4.69, 9.17) is 16.6 Å². The molecule has 1 aliphatic rings. The van der Waals surface area contributed by atoms with Crippen LogP contribution in [0.15, 0.2) is 0 Å². The van der Waals surface area contributed by atoms with Crippen molar-refractivity contribution in [2.75, 3.05) is 0 Å². The molecule has 1 saturated carbocycles. The Morgan fingerprint density at radius 2 is 1.92 bits per heavy atom. The summed E-state index contributed by atoms with van der Waals surface area (Å²) in [6, 6.07) is 0. The zero-order chi connectivity index (χ0) is 9.57. The smallest absolute Gasteiger partial charge is 0.251 e. The van der Waals surface area contributed by atoms with Crippen LogP contribution in [0.5, 0.6) is 0 Å². The molecule has 4 nitrogen and oxygen atoms in total. The fourth-order valence-electron chi connectivity index (χ4n) is 1.39. The second-order valence-electron chi connectivity index (χ2n) is 3.25. The lowest BCUT2D eigenvalue weighted by Gasteiger charge is -2.46. The van der Waals surface area contributed by atoms with Gasteiger partial charge in [-0.3, -0.25) is 4.79 Å². The molecule has 0 radical (unpaired) electrons. The third kappa shape index (κ3) is 1.39. The molecule has 70 valence electrons. The highest BCUT2D eigenvalue weighted by molar-refractivity contribution is 5.80. The fourth-order valence-corrected chi connectivity index (χ4v) is 1.39. The number of carbonyl (C=O) groups is 1. The number of aliphatic hydroxyl groups is 1. The molecule has 6 heteroatoms. The summed E-state index contributed by atoms with van der Waals surface area (Å²) < 4.78 is 24.6. The fraction of sp³-hybridized carbons (Fsp3) is 0.833. The van der Waals surface area contributed by atoms with Crippen molar-refractivity contribution >= 4 is 5.91 Å². The average Bonchev–Trinajstić information content (AvgIpc) is 1.81. The van der Waals surface area contributed by atoms with Crippen molar-refractivity contribution in [2.45, 2.75) is 30.4 Å². The molecule has 0 aliphatic heterocycles. The lowest BCUT2D eigenvalue weighted by molar-refractivity contribution is -0.164. The van der Waals surface area contributed by atoms with Gasteiger partial charge in [0, 0.05) is 12.8 Å². The van der Waals surface area contributed by atoms with Crippen LogP contribution in [0.25, 0.3) is 0 Å². The summed E-state index contributed by atoms with van der Waals surface area (Å²) >= 11 is 0. The number of alkyl halides is 2. The summed E-state index contributed by atoms with van der Waals surface area (Å²) in [5.74, 6) is -3.93. The van der Waals surface area contributed by atoms with Crippen molar-refractivity contribution in [3.63, 3.8) is 0 Å². The molecule has 1 aliphatic carbocycles. The molecule has 0 aromatic carbocycles. The summed E-state index contributed by atoms with van der Waals surface area (Å²) in [6.07, 6.45) is -3.06. The van der Waals surface area contributed by atoms with Gasteiger partial charge >= 0.3 is 0 Å². The minimum absolute atomic E-state index is 0.690. The Morgan fingerprint density at radius 1 is 1.50 bits per heavy atom. The second kappa shape index (κ2) is 2.37. The first-order valence-electron chi connectivity index (χ1n) is 3.41. The molecule has 0 aromatic rings. The molecule has 1 unspecified atom stereocenters. The largest absolute Gasteiger partial charge is 0.381 e. The summed E-state index contributed by atoms with van der Waals surface area (Å²) in [7, 11) is 0. The topological polar surface area (TPSA) is 89.3 Å². The van der Waals surface area contributed by atoms with Crippen molar-refractivity contribution in [3.05, 3.63) is 0 Å². The van der Waals surface area contributed by atoms with E-state index in [9.17, 15) is 13.6 Å². The lowest BCUT2D eigenvalue weighted by Crippen LogP contribution is -2.67. The first-order valence-corrected chi connectivity index (χ1v) is 3.41. The van der Waals surface area contributed by atoms with Crippen molar-refractivity contribution in [3.8, 4) is 0 Å². The maximum absolute atomic E-state index is 12.3. The van der Waals surface area contributed by atoms with Crippen LogP contribution in [-0.4, -0.2) is 28.6 Å². The number of halogens is 2. The van der Waals surface area contributed by atoms with Gasteiger partial charge in [0.1, 0.15) is 0 Å². The van der Waals surface area contributed by atoms with Crippen molar-refractivity contribution in [2.24, 2.45) is 11.5 Å². The molecule has 1 rings (SSSR count). The summed E-state index contributed by atoms with van der Waals surface area (Å²) in [6.45, 7) is 0. The zero-order valence-corrected chi connectivity index (χ0v) is 6.26. The number of carbonyl (C=O) groups excluding carboxylic acids is 1. The lowest BCUT2D eigenvalue weighted by atomic mass is 9.70. The Balaban J connectivity index is 2.60. The molecule has 1 fully saturated rings. The van der Waals surface area contributed by atoms with Crippen molar-refractivity contribution in [1.29, 1.82) is 0 Å². The molecular weight excluding hydrogens is 170 g/mol. The van der Waals surface area contributed by atoms with E-state index in [0.717, 1.165) is 0 Å². The van der Waals surface area contributed by atoms with Crippen LogP contribution in [0.3, 0.4) is 0 Å². The first kappa shape index (κ1) is 9.34. The standard InChI is InChI=1S/C6H10F2N2O2/c7-6(8)1-5(10,2-6)3(11)4(9)12/h3,11H,1-2,10H2,(H2,9,12). The number of hydrogen-bond donors (Lipinski definition) is 3. The summed E-state index contributed by atoms with van der Waals surface area (Å²) in [4.78, 5) is 10.4. The van der Waals surface area contributed by atoms with Gasteiger partial charge < -0.3 is 16.6 Å². The average molecular weight is 180 g/mol. The molecule has 0 bridgehead atoms. The van der Waals surface area contributed by atoms with Crippen LogP contribution in [0.4, 0.5) is 8.78 Å². The van der Waals surface area contributed by atoms with Gasteiger partial charge in [-0.05, 0) is 0 Å². The van der Waals surface area contributed by atoms with E-state index in [1.54, 1.807) is 0 Å². The van der Waals surface area contributed by atoms with E-state index in [1.165, 1.54) is 0 Å². The normalized spacial score (nSPS) is 27.3. The molecule has 0 saturated heterocycles. The Bertz CT molecular complexity index is 212. The minimum atomic E-state index is -2.87. The minimum Gasteiger partial charge on any atom is -0.381 e. The van der Waals surface area contributed by atoms with Crippen molar-refractivity contribution in [1.82, 2.24) is 0 Å². The molecule has 5 N–H and O–H groups in total. The number of hydrogen-bond acceptors (Lipinski definition) is 3. The van der Waals surface area contributed by atoms with Crippen molar-refractivity contribution < 1.29 is 18.7 Å². The maximum atomic E-state index is 12.3. The summed E-state index contributed by atoms with van der Waals surface area (Å²) in [5.41, 5.74) is 8.47. The number of nitrogens with two attached hydrogens (primary N) is 2. The highest BCUT2D eigenvalue weighted by atomic mass is 19.3. The molecule has 1 atom stereocenters. The van der Waals surface area contributed by atoms with Crippen LogP contribution < -0.4 is 11.5 Å². The number of rotatable bonds is 2. The van der Waals surface area contributed by atoms with E-state index >= 15 is 0 Å². The predicted octanol–water partition coefficient (Wildman–Crippen LogP) is -1.04. The highest BCUT2D eigenvalue weighted by Gasteiger charge is 2.59. The Labute approximate surface area is 67.5 Å². The highest BCUT2D eigenvalue weighted by Crippen LogP contribution is 2.45. The van der Waals surface area contributed by atoms with Gasteiger partial charge in [-0.15, -0.1) is 0 Å².